The number of carboxylic acids is 1. The Labute approximate surface area is 199 Å². The molecule has 0 saturated heterocycles. The molecule has 7 nitrogen and oxygen atoms in total. The second kappa shape index (κ2) is 10.6. The van der Waals surface area contributed by atoms with Gasteiger partial charge < -0.3 is 20.5 Å². The van der Waals surface area contributed by atoms with Crippen molar-refractivity contribution in [3.63, 3.8) is 0 Å². The molecule has 1 aliphatic carbocycles. The van der Waals surface area contributed by atoms with E-state index in [0.717, 1.165) is 16.2 Å². The summed E-state index contributed by atoms with van der Waals surface area (Å²) in [5.41, 5.74) is 0.694. The number of nitrogens with one attached hydrogen (secondary N) is 2. The number of thiophene rings is 1. The van der Waals surface area contributed by atoms with E-state index in [-0.39, 0.29) is 42.3 Å². The summed E-state index contributed by atoms with van der Waals surface area (Å²) in [6.45, 7) is 0.424. The van der Waals surface area contributed by atoms with E-state index in [4.69, 9.17) is 9.84 Å². The first-order valence-electron chi connectivity index (χ1n) is 11.1. The highest BCUT2D eigenvalue weighted by atomic mass is 32.1. The molecule has 178 valence electrons. The third kappa shape index (κ3) is 5.72. The van der Waals surface area contributed by atoms with Gasteiger partial charge >= 0.3 is 5.97 Å². The lowest BCUT2D eigenvalue weighted by Gasteiger charge is -2.27. The number of rotatable bonds is 8. The molecule has 4 rings (SSSR count). The lowest BCUT2D eigenvalue weighted by atomic mass is 9.87. The second-order valence-corrected chi connectivity index (χ2v) is 9.21. The van der Waals surface area contributed by atoms with E-state index in [1.54, 1.807) is 17.4 Å². The minimum Gasteiger partial charge on any atom is -0.487 e. The zero-order chi connectivity index (χ0) is 24.1. The van der Waals surface area contributed by atoms with Crippen molar-refractivity contribution < 1.29 is 28.6 Å². The monoisotopic (exact) mass is 484 g/mol. The summed E-state index contributed by atoms with van der Waals surface area (Å²) >= 11 is 1.61. The molecule has 1 aromatic heterocycles. The van der Waals surface area contributed by atoms with E-state index in [0.29, 0.717) is 31.2 Å². The average Bonchev–Trinajstić information content (AvgIpc) is 3.31. The molecule has 1 aliphatic rings. The van der Waals surface area contributed by atoms with Gasteiger partial charge in [0.2, 0.25) is 0 Å². The zero-order valence-corrected chi connectivity index (χ0v) is 19.2. The van der Waals surface area contributed by atoms with Gasteiger partial charge in [-0.15, -0.1) is 11.3 Å². The topological polar surface area (TPSA) is 105 Å². The Kier molecular flexibility index (Phi) is 7.42. The molecule has 1 fully saturated rings. The van der Waals surface area contributed by atoms with Gasteiger partial charge in [-0.3, -0.25) is 14.4 Å². The second-order valence-electron chi connectivity index (χ2n) is 8.26. The zero-order valence-electron chi connectivity index (χ0n) is 18.4. The summed E-state index contributed by atoms with van der Waals surface area (Å²) in [6, 6.07) is 11.4. The summed E-state index contributed by atoms with van der Waals surface area (Å²) in [6.07, 6.45) is 1.85. The van der Waals surface area contributed by atoms with Crippen LogP contribution in [-0.2, 0) is 4.79 Å². The largest absolute Gasteiger partial charge is 0.487 e. The number of carbonyl (C=O) groups excluding carboxylic acids is 2. The predicted molar refractivity (Wildman–Crippen MR) is 127 cm³/mol. The molecular formula is C25H25FN2O5S. The molecule has 0 radical (unpaired) electrons. The van der Waals surface area contributed by atoms with Gasteiger partial charge in [0.05, 0.1) is 12.0 Å². The van der Waals surface area contributed by atoms with Crippen molar-refractivity contribution in [1.82, 2.24) is 10.6 Å². The van der Waals surface area contributed by atoms with Crippen LogP contribution in [0.2, 0.25) is 0 Å². The van der Waals surface area contributed by atoms with Crippen molar-refractivity contribution >= 4 is 39.2 Å². The molecule has 0 aliphatic heterocycles. The highest BCUT2D eigenvalue weighted by molar-refractivity contribution is 7.17. The van der Waals surface area contributed by atoms with Gasteiger partial charge in [0, 0.05) is 28.9 Å². The standard InChI is InChI=1S/C25H25FN2O5S/c26-20-14-18(3-7-21(20)33-19-5-1-15(2-6-19)25(31)32)24(30)28-11-10-27-23(29)17-4-8-22-16(13-17)9-12-34-22/h3-4,7-9,12-15,19H,1-2,5-6,10-11H2,(H,27,29)(H,28,30)(H,31,32). The highest BCUT2D eigenvalue weighted by Gasteiger charge is 2.27. The summed E-state index contributed by atoms with van der Waals surface area (Å²) in [7, 11) is 0. The number of benzene rings is 2. The first-order valence-corrected chi connectivity index (χ1v) is 12.0. The van der Waals surface area contributed by atoms with Crippen molar-refractivity contribution in [2.45, 2.75) is 31.8 Å². The number of carboxylic acid groups (broad SMARTS) is 1. The van der Waals surface area contributed by atoms with Gasteiger partial charge in [-0.05, 0) is 78.9 Å². The van der Waals surface area contributed by atoms with Crippen LogP contribution in [0.3, 0.4) is 0 Å². The quantitative estimate of drug-likeness (QED) is 0.415. The van der Waals surface area contributed by atoms with E-state index in [1.807, 2.05) is 23.6 Å². The van der Waals surface area contributed by atoms with Gasteiger partial charge in [0.15, 0.2) is 11.6 Å². The van der Waals surface area contributed by atoms with Gasteiger partial charge in [-0.2, -0.15) is 0 Å². The Morgan fingerprint density at radius 2 is 1.59 bits per heavy atom. The molecule has 2 amide bonds. The van der Waals surface area contributed by atoms with Crippen LogP contribution in [0, 0.1) is 11.7 Å². The minimum absolute atomic E-state index is 0.0465. The third-order valence-electron chi connectivity index (χ3n) is 5.92. The van der Waals surface area contributed by atoms with E-state index >= 15 is 0 Å². The molecule has 1 saturated carbocycles. The normalized spacial score (nSPS) is 17.8. The Morgan fingerprint density at radius 1 is 0.941 bits per heavy atom. The summed E-state index contributed by atoms with van der Waals surface area (Å²) in [5.74, 6) is -2.46. The molecule has 2 aromatic carbocycles. The number of aliphatic carboxylic acids is 1. The Balaban J connectivity index is 1.22. The van der Waals surface area contributed by atoms with Gasteiger partial charge in [0.25, 0.3) is 11.8 Å². The van der Waals surface area contributed by atoms with Gasteiger partial charge in [-0.1, -0.05) is 0 Å². The minimum atomic E-state index is -0.806. The molecule has 1 heterocycles. The number of hydrogen-bond acceptors (Lipinski definition) is 5. The van der Waals surface area contributed by atoms with Crippen LogP contribution < -0.4 is 15.4 Å². The summed E-state index contributed by atoms with van der Waals surface area (Å²) in [5, 5.41) is 17.5. The Morgan fingerprint density at radius 3 is 2.24 bits per heavy atom. The van der Waals surface area contributed by atoms with E-state index in [1.165, 1.54) is 12.1 Å². The van der Waals surface area contributed by atoms with Crippen molar-refractivity contribution in [1.29, 1.82) is 0 Å². The number of hydrogen-bond donors (Lipinski definition) is 3. The van der Waals surface area contributed by atoms with Crippen LogP contribution in [0.25, 0.3) is 10.1 Å². The molecule has 0 atom stereocenters. The van der Waals surface area contributed by atoms with Gasteiger partial charge in [-0.25, -0.2) is 4.39 Å². The third-order valence-corrected chi connectivity index (χ3v) is 6.82. The van der Waals surface area contributed by atoms with Crippen molar-refractivity contribution in [3.05, 3.63) is 64.8 Å². The maximum atomic E-state index is 14.5. The Bertz CT molecular complexity index is 1200. The summed E-state index contributed by atoms with van der Waals surface area (Å²) in [4.78, 5) is 35.7. The number of ether oxygens (including phenoxy) is 1. The fraction of sp³-hybridized carbons (Fsp3) is 0.320. The molecule has 0 unspecified atom stereocenters. The Hall–Kier alpha value is -3.46. The van der Waals surface area contributed by atoms with Crippen molar-refractivity contribution in [2.24, 2.45) is 5.92 Å². The number of amides is 2. The molecular weight excluding hydrogens is 459 g/mol. The maximum absolute atomic E-state index is 14.5. The van der Waals surface area contributed by atoms with Crippen LogP contribution in [-0.4, -0.2) is 42.1 Å². The molecule has 3 aromatic rings. The fourth-order valence-electron chi connectivity index (χ4n) is 4.01. The molecule has 9 heteroatoms. The molecule has 0 bridgehead atoms. The van der Waals surface area contributed by atoms with Crippen LogP contribution in [0.4, 0.5) is 4.39 Å². The van der Waals surface area contributed by atoms with Crippen LogP contribution in [0.15, 0.2) is 47.8 Å². The first-order chi connectivity index (χ1) is 16.4. The number of halogens is 1. The van der Waals surface area contributed by atoms with Crippen molar-refractivity contribution in [2.75, 3.05) is 13.1 Å². The first kappa shape index (κ1) is 23.7. The molecule has 3 N–H and O–H groups in total. The smallest absolute Gasteiger partial charge is 0.306 e. The fourth-order valence-corrected chi connectivity index (χ4v) is 4.78. The predicted octanol–water partition coefficient (Wildman–Crippen LogP) is 4.22. The SMILES string of the molecule is O=C(NCCNC(=O)c1ccc2sccc2c1)c1ccc(OC2CCC(C(=O)O)CC2)c(F)c1. The lowest BCUT2D eigenvalue weighted by molar-refractivity contribution is -0.143. The van der Waals surface area contributed by atoms with E-state index < -0.39 is 17.7 Å². The van der Waals surface area contributed by atoms with Crippen molar-refractivity contribution in [3.8, 4) is 5.75 Å². The number of carbonyl (C=O) groups is 3. The molecule has 34 heavy (non-hydrogen) atoms. The van der Waals surface area contributed by atoms with E-state index in [9.17, 15) is 18.8 Å². The van der Waals surface area contributed by atoms with E-state index in [2.05, 4.69) is 10.6 Å². The molecule has 0 spiro atoms. The van der Waals surface area contributed by atoms with Gasteiger partial charge in [0.1, 0.15) is 0 Å². The maximum Gasteiger partial charge on any atom is 0.306 e. The summed E-state index contributed by atoms with van der Waals surface area (Å²) < 4.78 is 21.3. The lowest BCUT2D eigenvalue weighted by Crippen LogP contribution is -2.34. The number of fused-ring (bicyclic) bond motifs is 1. The van der Waals surface area contributed by atoms with Crippen LogP contribution in [0.5, 0.6) is 5.75 Å². The van der Waals surface area contributed by atoms with Crippen LogP contribution in [0.1, 0.15) is 46.4 Å². The average molecular weight is 485 g/mol. The van der Waals surface area contributed by atoms with Crippen LogP contribution >= 0.6 is 11.3 Å². The highest BCUT2D eigenvalue weighted by Crippen LogP contribution is 2.29.